The van der Waals surface area contributed by atoms with Gasteiger partial charge < -0.3 is 25.8 Å². The smallest absolute Gasteiger partial charge is 0.246 e. The molecule has 0 unspecified atom stereocenters. The van der Waals surface area contributed by atoms with Gasteiger partial charge in [0.1, 0.15) is 11.9 Å². The van der Waals surface area contributed by atoms with E-state index >= 15 is 0 Å². The highest BCUT2D eigenvalue weighted by Crippen LogP contribution is 2.23. The number of unbranched alkanes of at least 4 members (excludes halogenated alkanes) is 1. The van der Waals surface area contributed by atoms with Crippen LogP contribution in [0.1, 0.15) is 25.3 Å². The SMILES string of the molecule is CNc1nc(Nc2ccc3c(F)nn(C)c3c2)ncc1C#CCCCNC(=O)[C@H](C)N(C)C(=O)C=CCN(C)C. The molecule has 40 heavy (non-hydrogen) atoms. The molecule has 0 spiro atoms. The Bertz CT molecular complexity index is 1440. The van der Waals surface area contributed by atoms with E-state index in [1.165, 1.54) is 15.7 Å². The summed E-state index contributed by atoms with van der Waals surface area (Å²) in [5, 5.41) is 13.2. The van der Waals surface area contributed by atoms with Crippen LogP contribution in [0.25, 0.3) is 10.9 Å². The van der Waals surface area contributed by atoms with Crippen LogP contribution in [-0.4, -0.2) is 88.7 Å². The maximum Gasteiger partial charge on any atom is 0.246 e. The lowest BCUT2D eigenvalue weighted by atomic mass is 10.2. The molecule has 12 heteroatoms. The van der Waals surface area contributed by atoms with Gasteiger partial charge >= 0.3 is 0 Å². The van der Waals surface area contributed by atoms with Crippen LogP contribution < -0.4 is 16.0 Å². The quantitative estimate of drug-likeness (QED) is 0.190. The molecule has 0 aliphatic rings. The summed E-state index contributed by atoms with van der Waals surface area (Å²) in [4.78, 5) is 36.8. The average Bonchev–Trinajstić information content (AvgIpc) is 3.21. The highest BCUT2D eigenvalue weighted by molar-refractivity contribution is 5.92. The van der Waals surface area contributed by atoms with E-state index in [0.717, 1.165) is 0 Å². The first kappa shape index (κ1) is 30.0. The molecule has 2 aromatic heterocycles. The van der Waals surface area contributed by atoms with Gasteiger partial charge in [-0.3, -0.25) is 14.3 Å². The Balaban J connectivity index is 1.49. The van der Waals surface area contributed by atoms with E-state index in [9.17, 15) is 14.0 Å². The zero-order valence-corrected chi connectivity index (χ0v) is 23.7. The highest BCUT2D eigenvalue weighted by atomic mass is 19.1. The van der Waals surface area contributed by atoms with Crippen molar-refractivity contribution in [2.24, 2.45) is 7.05 Å². The van der Waals surface area contributed by atoms with Crippen LogP contribution in [0.4, 0.5) is 21.8 Å². The predicted octanol–water partition coefficient (Wildman–Crippen LogP) is 2.50. The van der Waals surface area contributed by atoms with Crippen LogP contribution in [0.15, 0.2) is 36.5 Å². The lowest BCUT2D eigenvalue weighted by Crippen LogP contribution is -2.45. The third kappa shape index (κ3) is 8.00. The van der Waals surface area contributed by atoms with Crippen molar-refractivity contribution >= 4 is 40.2 Å². The molecule has 0 saturated heterocycles. The van der Waals surface area contributed by atoms with Crippen molar-refractivity contribution in [3.05, 3.63) is 48.1 Å². The predicted molar refractivity (Wildman–Crippen MR) is 155 cm³/mol. The number of anilines is 3. The molecule has 0 saturated carbocycles. The number of rotatable bonds is 11. The van der Waals surface area contributed by atoms with E-state index in [0.29, 0.717) is 59.9 Å². The van der Waals surface area contributed by atoms with Gasteiger partial charge in [-0.25, -0.2) is 4.98 Å². The largest absolute Gasteiger partial charge is 0.372 e. The number of benzene rings is 1. The van der Waals surface area contributed by atoms with Gasteiger partial charge in [0, 0.05) is 52.4 Å². The minimum atomic E-state index is -0.586. The minimum Gasteiger partial charge on any atom is -0.372 e. The number of hydrogen-bond donors (Lipinski definition) is 3. The Morgan fingerprint density at radius 3 is 2.75 bits per heavy atom. The van der Waals surface area contributed by atoms with E-state index in [4.69, 9.17) is 0 Å². The van der Waals surface area contributed by atoms with Crippen molar-refractivity contribution in [3.8, 4) is 11.8 Å². The fourth-order valence-electron chi connectivity index (χ4n) is 3.69. The molecule has 1 aromatic carbocycles. The first-order valence-corrected chi connectivity index (χ1v) is 12.9. The molecule has 2 amide bonds. The molecule has 0 aliphatic heterocycles. The molecule has 1 atom stereocenters. The summed E-state index contributed by atoms with van der Waals surface area (Å²) in [6.07, 6.45) is 6.08. The molecule has 3 N–H and O–H groups in total. The molecule has 212 valence electrons. The highest BCUT2D eigenvalue weighted by Gasteiger charge is 2.20. The first-order chi connectivity index (χ1) is 19.1. The Morgan fingerprint density at radius 1 is 1.25 bits per heavy atom. The van der Waals surface area contributed by atoms with Gasteiger partial charge in [0.05, 0.1) is 22.7 Å². The number of halogens is 1. The lowest BCUT2D eigenvalue weighted by molar-refractivity contribution is -0.135. The van der Waals surface area contributed by atoms with E-state index in [2.05, 4.69) is 42.9 Å². The van der Waals surface area contributed by atoms with Crippen molar-refractivity contribution in [1.29, 1.82) is 0 Å². The Labute approximate surface area is 233 Å². The van der Waals surface area contributed by atoms with Crippen LogP contribution in [0.5, 0.6) is 0 Å². The molecule has 3 rings (SSSR count). The lowest BCUT2D eigenvalue weighted by Gasteiger charge is -2.23. The number of hydrogen-bond acceptors (Lipinski definition) is 8. The van der Waals surface area contributed by atoms with Gasteiger partial charge in [-0.2, -0.15) is 9.37 Å². The maximum atomic E-state index is 13.8. The van der Waals surface area contributed by atoms with Gasteiger partial charge in [-0.1, -0.05) is 17.9 Å². The molecule has 3 aromatic rings. The van der Waals surface area contributed by atoms with Crippen LogP contribution in [0.2, 0.25) is 0 Å². The molecule has 2 heterocycles. The fourth-order valence-corrected chi connectivity index (χ4v) is 3.69. The zero-order valence-electron chi connectivity index (χ0n) is 23.7. The summed E-state index contributed by atoms with van der Waals surface area (Å²) in [5.41, 5.74) is 1.99. The van der Waals surface area contributed by atoms with Gasteiger partial charge in [0.15, 0.2) is 0 Å². The van der Waals surface area contributed by atoms with Crippen molar-refractivity contribution in [3.63, 3.8) is 0 Å². The second-order valence-corrected chi connectivity index (χ2v) is 9.46. The monoisotopic (exact) mass is 549 g/mol. The number of carbonyl (C=O) groups is 2. The average molecular weight is 550 g/mol. The molecule has 0 aliphatic carbocycles. The number of nitrogens with one attached hydrogen (secondary N) is 3. The number of likely N-dealkylation sites (N-methyl/N-ethyl adjacent to an activating group) is 2. The molecule has 0 bridgehead atoms. The second-order valence-electron chi connectivity index (χ2n) is 9.46. The Hall–Kier alpha value is -4.50. The topological polar surface area (TPSA) is 120 Å². The van der Waals surface area contributed by atoms with E-state index in [1.807, 2.05) is 19.0 Å². The number of aromatic nitrogens is 4. The van der Waals surface area contributed by atoms with Crippen LogP contribution in [0, 0.1) is 17.8 Å². The number of aryl methyl sites for hydroxylation is 1. The second kappa shape index (κ2) is 14.0. The number of amides is 2. The summed E-state index contributed by atoms with van der Waals surface area (Å²) in [6.45, 7) is 2.79. The summed E-state index contributed by atoms with van der Waals surface area (Å²) in [7, 11) is 8.87. The number of fused-ring (bicyclic) bond motifs is 1. The van der Waals surface area contributed by atoms with E-state index in [1.54, 1.807) is 58.5 Å². The Kier molecular flexibility index (Phi) is 10.6. The molecule has 0 radical (unpaired) electrons. The first-order valence-electron chi connectivity index (χ1n) is 12.9. The van der Waals surface area contributed by atoms with E-state index in [-0.39, 0.29) is 11.8 Å². The van der Waals surface area contributed by atoms with Crippen LogP contribution in [0.3, 0.4) is 0 Å². The third-order valence-electron chi connectivity index (χ3n) is 6.13. The van der Waals surface area contributed by atoms with Crippen molar-refractivity contribution in [2.75, 3.05) is 51.9 Å². The summed E-state index contributed by atoms with van der Waals surface area (Å²) in [5.74, 6) is 6.13. The fraction of sp³-hybridized carbons (Fsp3) is 0.393. The van der Waals surface area contributed by atoms with Crippen LogP contribution in [-0.2, 0) is 16.6 Å². The van der Waals surface area contributed by atoms with Crippen molar-refractivity contribution < 1.29 is 14.0 Å². The summed E-state index contributed by atoms with van der Waals surface area (Å²) < 4.78 is 15.3. The molecule has 11 nitrogen and oxygen atoms in total. The normalized spacial score (nSPS) is 11.8. The number of nitrogens with zero attached hydrogens (tertiary/aromatic N) is 6. The summed E-state index contributed by atoms with van der Waals surface area (Å²) >= 11 is 0. The summed E-state index contributed by atoms with van der Waals surface area (Å²) in [6, 6.07) is 4.59. The third-order valence-corrected chi connectivity index (χ3v) is 6.13. The standard InChI is InChI=1S/C28H36FN9O2/c1-19(37(5)24(39)12-10-16-36(3)4)27(40)31-15-9-7-8-11-20-18-32-28(34-26(20)30-2)33-21-13-14-22-23(17-21)38(6)35-25(22)29/h10,12-14,17-19H,7,9,15-16H2,1-6H3,(H,31,40)(H2,30,32,33,34)/t19-/m0/s1. The van der Waals surface area contributed by atoms with E-state index < -0.39 is 12.0 Å². The van der Waals surface area contributed by atoms with Gasteiger partial charge in [-0.05, 0) is 45.6 Å². The van der Waals surface area contributed by atoms with Crippen molar-refractivity contribution in [2.45, 2.75) is 25.8 Å². The molecular formula is C28H36FN9O2. The van der Waals surface area contributed by atoms with Crippen molar-refractivity contribution in [1.82, 2.24) is 34.9 Å². The molecule has 0 fully saturated rings. The van der Waals surface area contributed by atoms with Gasteiger partial charge in [-0.15, -0.1) is 5.10 Å². The minimum absolute atomic E-state index is 0.216. The number of carbonyl (C=O) groups excluding carboxylic acids is 2. The molecular weight excluding hydrogens is 513 g/mol. The maximum absolute atomic E-state index is 13.8. The Morgan fingerprint density at radius 2 is 2.02 bits per heavy atom. The van der Waals surface area contributed by atoms with Gasteiger partial charge in [0.25, 0.3) is 0 Å². The van der Waals surface area contributed by atoms with Crippen LogP contribution >= 0.6 is 0 Å². The van der Waals surface area contributed by atoms with Gasteiger partial charge in [0.2, 0.25) is 23.7 Å². The zero-order chi connectivity index (χ0) is 29.2.